The SMILES string of the molecule is O=C1C[C@H](NS(=O)(=O)N2CCN(c3ccc(C(F)(F)F)cc3)CC2)C(=O)N1O.O=S(=O)(O)N1CCN(c2ccc(C(F)(F)F)cc2)CC1. The first-order valence-electron chi connectivity index (χ1n) is 14.1. The van der Waals surface area contributed by atoms with Crippen LogP contribution in [-0.4, -0.2) is 110 Å². The standard InChI is InChI=1S/C15H17F3N4O5S.C11H13F3N2O3S/c16-15(17,18)10-1-3-11(4-2-10)20-5-7-21(8-6-20)28(26,27)19-12-9-13(23)22(25)14(12)24;12-11(13,14)9-1-3-10(4-2-9)15-5-7-16(8-6-15)20(17,18)19/h1-4,12,19,25H,5-9H2;1-4H,5-8H2,(H,17,18,19)/t12-;/m0./s1. The molecule has 3 saturated heterocycles. The number of carbonyl (C=O) groups excluding carboxylic acids is 2. The number of halogens is 6. The molecule has 0 aliphatic carbocycles. The Kier molecular flexibility index (Phi) is 11.0. The lowest BCUT2D eigenvalue weighted by molar-refractivity contribution is -0.171. The summed E-state index contributed by atoms with van der Waals surface area (Å²) >= 11 is 0. The minimum absolute atomic E-state index is 0.0358. The molecule has 0 saturated carbocycles. The van der Waals surface area contributed by atoms with Crippen LogP contribution >= 0.6 is 0 Å². The van der Waals surface area contributed by atoms with Gasteiger partial charge >= 0.3 is 22.7 Å². The maximum atomic E-state index is 12.6. The van der Waals surface area contributed by atoms with Crippen LogP contribution in [0.5, 0.6) is 0 Å². The second-order valence-electron chi connectivity index (χ2n) is 10.8. The van der Waals surface area contributed by atoms with E-state index in [1.54, 1.807) is 9.80 Å². The van der Waals surface area contributed by atoms with E-state index in [2.05, 4.69) is 4.72 Å². The molecule has 14 nitrogen and oxygen atoms in total. The fraction of sp³-hybridized carbons (Fsp3) is 0.462. The van der Waals surface area contributed by atoms with Gasteiger partial charge in [0, 0.05) is 63.7 Å². The van der Waals surface area contributed by atoms with E-state index in [4.69, 9.17) is 4.55 Å². The summed E-state index contributed by atoms with van der Waals surface area (Å²) in [6.07, 6.45) is -9.28. The highest BCUT2D eigenvalue weighted by atomic mass is 32.2. The lowest BCUT2D eigenvalue weighted by atomic mass is 10.2. The van der Waals surface area contributed by atoms with E-state index in [1.807, 2.05) is 0 Å². The molecule has 2 aromatic carbocycles. The van der Waals surface area contributed by atoms with Gasteiger partial charge in [-0.15, -0.1) is 0 Å². The molecule has 3 aliphatic heterocycles. The van der Waals surface area contributed by atoms with Crippen LogP contribution in [0.15, 0.2) is 48.5 Å². The summed E-state index contributed by atoms with van der Waals surface area (Å²) in [6.45, 7) is 1.35. The molecule has 3 fully saturated rings. The highest BCUT2D eigenvalue weighted by Crippen LogP contribution is 2.32. The average Bonchev–Trinajstić information content (AvgIpc) is 3.26. The third-order valence-corrected chi connectivity index (χ3v) is 10.3. The Hall–Kier alpha value is -3.54. The summed E-state index contributed by atoms with van der Waals surface area (Å²) in [5.74, 6) is -1.94. The number of rotatable bonds is 6. The smallest absolute Gasteiger partial charge is 0.369 e. The predicted octanol–water partition coefficient (Wildman–Crippen LogP) is 1.81. The van der Waals surface area contributed by atoms with Gasteiger partial charge in [0.15, 0.2) is 0 Å². The number of nitrogens with one attached hydrogen (secondary N) is 1. The van der Waals surface area contributed by atoms with Crippen LogP contribution in [0.1, 0.15) is 17.5 Å². The molecule has 3 aliphatic rings. The molecule has 1 atom stereocenters. The van der Waals surface area contributed by atoms with E-state index >= 15 is 0 Å². The number of amides is 2. The van der Waals surface area contributed by atoms with E-state index in [9.17, 15) is 58.0 Å². The number of piperazine rings is 2. The van der Waals surface area contributed by atoms with Gasteiger partial charge in [0.25, 0.3) is 22.0 Å². The first kappa shape index (κ1) is 37.3. The van der Waals surface area contributed by atoms with Crippen LogP contribution in [0, 0.1) is 0 Å². The van der Waals surface area contributed by atoms with Gasteiger partial charge in [-0.25, -0.2) is 0 Å². The van der Waals surface area contributed by atoms with E-state index in [-0.39, 0.29) is 44.3 Å². The molecule has 0 unspecified atom stereocenters. The maximum absolute atomic E-state index is 12.6. The zero-order valence-electron chi connectivity index (χ0n) is 24.7. The molecule has 3 heterocycles. The van der Waals surface area contributed by atoms with E-state index in [0.29, 0.717) is 24.5 Å². The normalized spacial score (nSPS) is 20.6. The molecular formula is C26H30F6N6O8S2. The van der Waals surface area contributed by atoms with Crippen molar-refractivity contribution in [3.8, 4) is 0 Å². The Bertz CT molecular complexity index is 1680. The third kappa shape index (κ3) is 9.12. The van der Waals surface area contributed by atoms with Crippen molar-refractivity contribution in [2.75, 3.05) is 62.2 Å². The maximum Gasteiger partial charge on any atom is 0.416 e. The van der Waals surface area contributed by atoms with Crippen molar-refractivity contribution in [2.45, 2.75) is 24.8 Å². The Morgan fingerprint density at radius 2 is 1.02 bits per heavy atom. The van der Waals surface area contributed by atoms with Gasteiger partial charge in [0.1, 0.15) is 6.04 Å². The second-order valence-corrected chi connectivity index (χ2v) is 13.9. The largest absolute Gasteiger partial charge is 0.416 e. The number of alkyl halides is 6. The summed E-state index contributed by atoms with van der Waals surface area (Å²) in [7, 11) is -8.28. The minimum Gasteiger partial charge on any atom is -0.369 e. The van der Waals surface area contributed by atoms with Gasteiger partial charge in [0.2, 0.25) is 0 Å². The Morgan fingerprint density at radius 3 is 1.33 bits per heavy atom. The van der Waals surface area contributed by atoms with Gasteiger partial charge in [-0.3, -0.25) is 19.3 Å². The van der Waals surface area contributed by atoms with Crippen molar-refractivity contribution >= 4 is 43.7 Å². The van der Waals surface area contributed by atoms with Gasteiger partial charge in [-0.2, -0.15) is 61.6 Å². The number of hydrogen-bond donors (Lipinski definition) is 3. The van der Waals surface area contributed by atoms with Crippen molar-refractivity contribution in [3.63, 3.8) is 0 Å². The molecule has 48 heavy (non-hydrogen) atoms. The monoisotopic (exact) mass is 732 g/mol. The van der Waals surface area contributed by atoms with Crippen LogP contribution in [0.3, 0.4) is 0 Å². The topological polar surface area (TPSA) is 171 Å². The minimum atomic E-state index is -4.43. The highest BCUT2D eigenvalue weighted by molar-refractivity contribution is 7.87. The summed E-state index contributed by atoms with van der Waals surface area (Å²) in [5.41, 5.74) is -0.369. The molecule has 0 aromatic heterocycles. The van der Waals surface area contributed by atoms with Crippen molar-refractivity contribution < 1.29 is 62.5 Å². The molecule has 0 radical (unpaired) electrons. The molecule has 0 bridgehead atoms. The summed E-state index contributed by atoms with van der Waals surface area (Å²) < 4.78 is 135. The predicted molar refractivity (Wildman–Crippen MR) is 156 cm³/mol. The van der Waals surface area contributed by atoms with Gasteiger partial charge in [0.05, 0.1) is 17.5 Å². The van der Waals surface area contributed by atoms with Crippen LogP contribution < -0.4 is 14.5 Å². The average molecular weight is 733 g/mol. The fourth-order valence-electron chi connectivity index (χ4n) is 5.05. The second kappa shape index (κ2) is 14.1. The first-order chi connectivity index (χ1) is 22.2. The van der Waals surface area contributed by atoms with Crippen molar-refractivity contribution in [1.29, 1.82) is 0 Å². The van der Waals surface area contributed by atoms with E-state index < -0.39 is 68.3 Å². The Labute approximate surface area is 271 Å². The molecular weight excluding hydrogens is 702 g/mol. The number of nitrogens with zero attached hydrogens (tertiary/aromatic N) is 5. The number of carbonyl (C=O) groups is 2. The van der Waals surface area contributed by atoms with Crippen LogP contribution in [0.4, 0.5) is 37.7 Å². The molecule has 2 amide bonds. The van der Waals surface area contributed by atoms with Crippen LogP contribution in [0.25, 0.3) is 0 Å². The first-order valence-corrected chi connectivity index (χ1v) is 16.9. The van der Waals surface area contributed by atoms with Crippen molar-refractivity contribution in [3.05, 3.63) is 59.7 Å². The summed E-state index contributed by atoms with van der Waals surface area (Å²) in [4.78, 5) is 26.4. The zero-order chi connectivity index (χ0) is 35.7. The number of anilines is 2. The molecule has 2 aromatic rings. The summed E-state index contributed by atoms with van der Waals surface area (Å²) in [6, 6.07) is 7.89. The van der Waals surface area contributed by atoms with Gasteiger partial charge in [-0.1, -0.05) is 0 Å². The highest BCUT2D eigenvalue weighted by Gasteiger charge is 2.42. The number of imide groups is 1. The van der Waals surface area contributed by atoms with Crippen molar-refractivity contribution in [2.24, 2.45) is 0 Å². The zero-order valence-corrected chi connectivity index (χ0v) is 26.4. The summed E-state index contributed by atoms with van der Waals surface area (Å²) in [5, 5.41) is 9.07. The van der Waals surface area contributed by atoms with Gasteiger partial charge in [-0.05, 0) is 48.5 Å². The molecule has 266 valence electrons. The lowest BCUT2D eigenvalue weighted by Gasteiger charge is -2.35. The molecule has 3 N–H and O–H groups in total. The van der Waals surface area contributed by atoms with Crippen molar-refractivity contribution in [1.82, 2.24) is 18.4 Å². The number of hydrogen-bond acceptors (Lipinski definition) is 9. The third-order valence-electron chi connectivity index (χ3n) is 7.68. The lowest BCUT2D eigenvalue weighted by Crippen LogP contribution is -2.54. The van der Waals surface area contributed by atoms with Gasteiger partial charge < -0.3 is 9.80 Å². The molecule has 5 rings (SSSR count). The fourth-order valence-corrected chi connectivity index (χ4v) is 7.01. The van der Waals surface area contributed by atoms with Crippen LogP contribution in [0.2, 0.25) is 0 Å². The number of benzene rings is 2. The quantitative estimate of drug-likeness (QED) is 0.172. The van der Waals surface area contributed by atoms with Crippen LogP contribution in [-0.2, 0) is 42.5 Å². The Balaban J connectivity index is 0.000000229. The molecule has 0 spiro atoms. The number of hydroxylamine groups is 2. The van der Waals surface area contributed by atoms with E-state index in [0.717, 1.165) is 32.9 Å². The van der Waals surface area contributed by atoms with E-state index in [1.165, 1.54) is 24.3 Å². The molecule has 22 heteroatoms. The Morgan fingerprint density at radius 1 is 0.646 bits per heavy atom.